The van der Waals surface area contributed by atoms with Crippen molar-refractivity contribution < 1.29 is 4.74 Å². The molecule has 0 spiro atoms. The zero-order valence-corrected chi connectivity index (χ0v) is 11.9. The fourth-order valence-corrected chi connectivity index (χ4v) is 1.92. The highest BCUT2D eigenvalue weighted by Gasteiger charge is 2.01. The van der Waals surface area contributed by atoms with Gasteiger partial charge in [-0.1, -0.05) is 6.92 Å². The Labute approximate surface area is 117 Å². The van der Waals surface area contributed by atoms with Gasteiger partial charge in [-0.2, -0.15) is 5.10 Å². The van der Waals surface area contributed by atoms with E-state index >= 15 is 0 Å². The molecule has 1 aromatic carbocycles. The van der Waals surface area contributed by atoms with Gasteiger partial charge in [0.05, 0.1) is 5.69 Å². The molecule has 0 saturated carbocycles. The van der Waals surface area contributed by atoms with Crippen LogP contribution in [0.1, 0.15) is 12.6 Å². The number of rotatable bonds is 6. The number of hydrogen-bond acceptors (Lipinski definition) is 5. The van der Waals surface area contributed by atoms with Gasteiger partial charge in [-0.05, 0) is 43.1 Å². The Bertz CT molecular complexity index is 499. The zero-order valence-electron chi connectivity index (χ0n) is 11.1. The lowest BCUT2D eigenvalue weighted by Crippen LogP contribution is -2.13. The van der Waals surface area contributed by atoms with Crippen LogP contribution in [0.15, 0.2) is 41.3 Å². The van der Waals surface area contributed by atoms with Crippen molar-refractivity contribution in [3.8, 4) is 11.6 Å². The molecular weight excluding hydrogens is 258 g/mol. The van der Waals surface area contributed by atoms with Gasteiger partial charge in [0.15, 0.2) is 0 Å². The van der Waals surface area contributed by atoms with Crippen molar-refractivity contribution in [3.05, 3.63) is 42.1 Å². The first-order valence-electron chi connectivity index (χ1n) is 6.17. The van der Waals surface area contributed by atoms with E-state index in [1.165, 1.54) is 4.90 Å². The minimum Gasteiger partial charge on any atom is -0.438 e. The molecule has 4 nitrogen and oxygen atoms in total. The van der Waals surface area contributed by atoms with Gasteiger partial charge in [0.1, 0.15) is 5.75 Å². The van der Waals surface area contributed by atoms with E-state index in [0.717, 1.165) is 24.5 Å². The molecule has 0 saturated heterocycles. The molecule has 0 atom stereocenters. The standard InChI is InChI=1S/C14H17N3OS/c1-3-15-10-11-4-9-14(17-16-11)18-12-5-7-13(19-2)8-6-12/h4-9,15H,3,10H2,1-2H3. The zero-order chi connectivity index (χ0) is 13.5. The summed E-state index contributed by atoms with van der Waals surface area (Å²) in [5.41, 5.74) is 0.909. The Balaban J connectivity index is 1.98. The molecule has 1 aromatic heterocycles. The Hall–Kier alpha value is -1.59. The third-order valence-electron chi connectivity index (χ3n) is 2.53. The molecule has 0 aliphatic heterocycles. The molecule has 1 N–H and O–H groups in total. The second-order valence-corrected chi connectivity index (χ2v) is 4.80. The maximum absolute atomic E-state index is 5.63. The normalized spacial score (nSPS) is 10.4. The molecule has 100 valence electrons. The SMILES string of the molecule is CCNCc1ccc(Oc2ccc(SC)cc2)nn1. The highest BCUT2D eigenvalue weighted by atomic mass is 32.2. The smallest absolute Gasteiger partial charge is 0.238 e. The van der Waals surface area contributed by atoms with E-state index in [1.807, 2.05) is 42.7 Å². The summed E-state index contributed by atoms with van der Waals surface area (Å²) in [4.78, 5) is 1.21. The van der Waals surface area contributed by atoms with Crippen molar-refractivity contribution in [3.63, 3.8) is 0 Å². The predicted molar refractivity (Wildman–Crippen MR) is 77.7 cm³/mol. The van der Waals surface area contributed by atoms with Crippen LogP contribution in [0.4, 0.5) is 0 Å². The first kappa shape index (κ1) is 13.8. The van der Waals surface area contributed by atoms with E-state index in [9.17, 15) is 0 Å². The second-order valence-electron chi connectivity index (χ2n) is 3.92. The largest absolute Gasteiger partial charge is 0.438 e. The Morgan fingerprint density at radius 3 is 2.47 bits per heavy atom. The minimum absolute atomic E-state index is 0.511. The molecule has 5 heteroatoms. The maximum atomic E-state index is 5.63. The van der Waals surface area contributed by atoms with Crippen LogP contribution >= 0.6 is 11.8 Å². The van der Waals surface area contributed by atoms with E-state index in [0.29, 0.717) is 5.88 Å². The van der Waals surface area contributed by atoms with Crippen molar-refractivity contribution in [1.29, 1.82) is 0 Å². The monoisotopic (exact) mass is 275 g/mol. The fourth-order valence-electron chi connectivity index (χ4n) is 1.51. The molecule has 0 aliphatic carbocycles. The van der Waals surface area contributed by atoms with Crippen LogP contribution in [0.25, 0.3) is 0 Å². The van der Waals surface area contributed by atoms with E-state index < -0.39 is 0 Å². The Kier molecular flexibility index (Phi) is 5.18. The number of nitrogens with zero attached hydrogens (tertiary/aromatic N) is 2. The molecule has 2 rings (SSSR count). The second kappa shape index (κ2) is 7.11. The molecule has 0 radical (unpaired) electrons. The third kappa shape index (κ3) is 4.22. The van der Waals surface area contributed by atoms with Crippen molar-refractivity contribution >= 4 is 11.8 Å². The van der Waals surface area contributed by atoms with Crippen LogP contribution in [0, 0.1) is 0 Å². The third-order valence-corrected chi connectivity index (χ3v) is 3.28. The number of ether oxygens (including phenoxy) is 1. The lowest BCUT2D eigenvalue weighted by molar-refractivity contribution is 0.453. The van der Waals surface area contributed by atoms with Crippen LogP contribution < -0.4 is 10.1 Å². The lowest BCUT2D eigenvalue weighted by atomic mass is 10.3. The first-order valence-corrected chi connectivity index (χ1v) is 7.39. The summed E-state index contributed by atoms with van der Waals surface area (Å²) < 4.78 is 5.63. The molecule has 0 aliphatic rings. The predicted octanol–water partition coefficient (Wildman–Crippen LogP) is 3.10. The van der Waals surface area contributed by atoms with Crippen LogP contribution in [-0.2, 0) is 6.54 Å². The van der Waals surface area contributed by atoms with Crippen molar-refractivity contribution in [2.45, 2.75) is 18.4 Å². The molecule has 1 heterocycles. The van der Waals surface area contributed by atoms with Gasteiger partial charge in [0.2, 0.25) is 5.88 Å². The molecular formula is C14H17N3OS. The van der Waals surface area contributed by atoms with Gasteiger partial charge < -0.3 is 10.1 Å². The average molecular weight is 275 g/mol. The van der Waals surface area contributed by atoms with Crippen LogP contribution in [-0.4, -0.2) is 23.0 Å². The molecule has 0 amide bonds. The molecule has 0 unspecified atom stereocenters. The lowest BCUT2D eigenvalue weighted by Gasteiger charge is -2.05. The van der Waals surface area contributed by atoms with Gasteiger partial charge in [-0.15, -0.1) is 16.9 Å². The quantitative estimate of drug-likeness (QED) is 0.821. The summed E-state index contributed by atoms with van der Waals surface area (Å²) in [6, 6.07) is 11.7. The van der Waals surface area contributed by atoms with Crippen molar-refractivity contribution in [2.75, 3.05) is 12.8 Å². The highest BCUT2D eigenvalue weighted by molar-refractivity contribution is 7.98. The van der Waals surface area contributed by atoms with Crippen molar-refractivity contribution in [1.82, 2.24) is 15.5 Å². The summed E-state index contributed by atoms with van der Waals surface area (Å²) in [7, 11) is 0. The van der Waals surface area contributed by atoms with Gasteiger partial charge in [-0.3, -0.25) is 0 Å². The number of benzene rings is 1. The fraction of sp³-hybridized carbons (Fsp3) is 0.286. The summed E-state index contributed by atoms with van der Waals surface area (Å²) in [6.45, 7) is 3.71. The van der Waals surface area contributed by atoms with Gasteiger partial charge >= 0.3 is 0 Å². The average Bonchev–Trinajstić information content (AvgIpc) is 2.47. The van der Waals surface area contributed by atoms with Gasteiger partial charge in [0.25, 0.3) is 0 Å². The van der Waals surface area contributed by atoms with E-state index in [4.69, 9.17) is 4.74 Å². The summed E-state index contributed by atoms with van der Waals surface area (Å²) in [5.74, 6) is 1.28. The topological polar surface area (TPSA) is 47.0 Å². The molecule has 0 fully saturated rings. The number of thioether (sulfide) groups is 1. The number of nitrogens with one attached hydrogen (secondary N) is 1. The molecule has 0 bridgehead atoms. The van der Waals surface area contributed by atoms with E-state index in [2.05, 4.69) is 22.4 Å². The van der Waals surface area contributed by atoms with Crippen LogP contribution in [0.2, 0.25) is 0 Å². The van der Waals surface area contributed by atoms with E-state index in [-0.39, 0.29) is 0 Å². The molecule has 2 aromatic rings. The summed E-state index contributed by atoms with van der Waals surface area (Å²) in [5, 5.41) is 11.4. The van der Waals surface area contributed by atoms with Gasteiger partial charge in [0, 0.05) is 17.5 Å². The summed E-state index contributed by atoms with van der Waals surface area (Å²) >= 11 is 1.70. The van der Waals surface area contributed by atoms with Gasteiger partial charge in [-0.25, -0.2) is 0 Å². The number of aromatic nitrogens is 2. The van der Waals surface area contributed by atoms with Crippen molar-refractivity contribution in [2.24, 2.45) is 0 Å². The number of hydrogen-bond donors (Lipinski definition) is 1. The van der Waals surface area contributed by atoms with Crippen LogP contribution in [0.5, 0.6) is 11.6 Å². The Morgan fingerprint density at radius 2 is 1.89 bits per heavy atom. The minimum atomic E-state index is 0.511. The maximum Gasteiger partial charge on any atom is 0.238 e. The summed E-state index contributed by atoms with van der Waals surface area (Å²) in [6.07, 6.45) is 2.05. The van der Waals surface area contributed by atoms with Crippen LogP contribution in [0.3, 0.4) is 0 Å². The van der Waals surface area contributed by atoms with E-state index in [1.54, 1.807) is 11.8 Å². The first-order chi connectivity index (χ1) is 9.31. The molecule has 19 heavy (non-hydrogen) atoms. The Morgan fingerprint density at radius 1 is 1.11 bits per heavy atom. The highest BCUT2D eigenvalue weighted by Crippen LogP contribution is 2.22.